The van der Waals surface area contributed by atoms with Gasteiger partial charge in [0, 0.05) is 36.2 Å². The van der Waals surface area contributed by atoms with Gasteiger partial charge in [0.25, 0.3) is 0 Å². The van der Waals surface area contributed by atoms with E-state index in [1.165, 1.54) is 11.8 Å². The minimum atomic E-state index is -3.65. The van der Waals surface area contributed by atoms with E-state index in [4.69, 9.17) is 0 Å². The minimum Gasteiger partial charge on any atom is -0.343 e. The molecule has 31 heavy (non-hydrogen) atoms. The van der Waals surface area contributed by atoms with E-state index in [2.05, 4.69) is 10.0 Å². The third kappa shape index (κ3) is 5.62. The van der Waals surface area contributed by atoms with Crippen LogP contribution in [0.25, 0.3) is 0 Å². The molecule has 2 aliphatic heterocycles. The molecular weight excluding hydrogens is 434 g/mol. The van der Waals surface area contributed by atoms with Crippen LogP contribution in [0.1, 0.15) is 57.8 Å². The maximum absolute atomic E-state index is 12.9. The Kier molecular flexibility index (Phi) is 7.23. The number of likely N-dealkylation sites (tertiary alicyclic amines) is 1. The lowest BCUT2D eigenvalue weighted by molar-refractivity contribution is -0.133. The minimum absolute atomic E-state index is 0.0278. The van der Waals surface area contributed by atoms with Crippen molar-refractivity contribution in [3.63, 3.8) is 0 Å². The number of amides is 2. The average molecular weight is 466 g/mol. The van der Waals surface area contributed by atoms with Crippen molar-refractivity contribution in [3.05, 3.63) is 18.2 Å². The molecule has 1 aromatic carbocycles. The van der Waals surface area contributed by atoms with Crippen LogP contribution in [-0.4, -0.2) is 50.0 Å². The van der Waals surface area contributed by atoms with Gasteiger partial charge in [0.1, 0.15) is 0 Å². The molecule has 0 aromatic heterocycles. The molecular formula is C22H31N3O4S2. The van der Waals surface area contributed by atoms with Crippen LogP contribution < -0.4 is 10.0 Å². The van der Waals surface area contributed by atoms with Crippen molar-refractivity contribution in [2.24, 2.45) is 5.92 Å². The fourth-order valence-electron chi connectivity index (χ4n) is 4.54. The van der Waals surface area contributed by atoms with Crippen molar-refractivity contribution in [2.45, 2.75) is 73.6 Å². The van der Waals surface area contributed by atoms with Crippen LogP contribution in [-0.2, 0) is 19.6 Å². The fourth-order valence-corrected chi connectivity index (χ4v) is 6.95. The van der Waals surface area contributed by atoms with Crippen molar-refractivity contribution in [1.82, 2.24) is 9.62 Å². The van der Waals surface area contributed by atoms with Crippen molar-refractivity contribution >= 4 is 39.3 Å². The number of fused-ring (bicyclic) bond motifs is 1. The lowest BCUT2D eigenvalue weighted by atomic mass is 10.1. The van der Waals surface area contributed by atoms with E-state index in [0.29, 0.717) is 11.4 Å². The van der Waals surface area contributed by atoms with Gasteiger partial charge in [-0.3, -0.25) is 9.59 Å². The van der Waals surface area contributed by atoms with Gasteiger partial charge >= 0.3 is 0 Å². The van der Waals surface area contributed by atoms with Crippen LogP contribution in [0.4, 0.5) is 5.69 Å². The third-order valence-corrected chi connectivity index (χ3v) is 9.14. The molecule has 9 heteroatoms. The number of benzene rings is 1. The highest BCUT2D eigenvalue weighted by Crippen LogP contribution is 2.35. The van der Waals surface area contributed by atoms with Crippen molar-refractivity contribution in [3.8, 4) is 0 Å². The van der Waals surface area contributed by atoms with E-state index in [9.17, 15) is 18.0 Å². The smallest absolute Gasteiger partial charge is 0.240 e. The van der Waals surface area contributed by atoms with Crippen molar-refractivity contribution < 1.29 is 18.0 Å². The van der Waals surface area contributed by atoms with Gasteiger partial charge in [-0.15, -0.1) is 11.8 Å². The molecule has 3 aliphatic rings. The van der Waals surface area contributed by atoms with Crippen molar-refractivity contribution in [2.75, 3.05) is 24.2 Å². The number of nitrogens with zero attached hydrogens (tertiary/aromatic N) is 1. The average Bonchev–Trinajstić information content (AvgIpc) is 3.10. The number of hydrogen-bond acceptors (Lipinski definition) is 5. The van der Waals surface area contributed by atoms with Crippen LogP contribution in [0.5, 0.6) is 0 Å². The largest absolute Gasteiger partial charge is 0.343 e. The lowest BCUT2D eigenvalue weighted by Crippen LogP contribution is -2.34. The fraction of sp³-hybridized carbons (Fsp3) is 0.636. The van der Waals surface area contributed by atoms with Gasteiger partial charge in [0.05, 0.1) is 16.5 Å². The number of carbonyl (C=O) groups excluding carboxylic acids is 2. The molecule has 2 amide bonds. The molecule has 2 heterocycles. The number of rotatable bonds is 5. The quantitative estimate of drug-likeness (QED) is 0.650. The van der Waals surface area contributed by atoms with Crippen LogP contribution in [0.3, 0.4) is 0 Å². The first-order chi connectivity index (χ1) is 14.9. The zero-order valence-electron chi connectivity index (χ0n) is 17.8. The van der Waals surface area contributed by atoms with Crippen molar-refractivity contribution in [1.29, 1.82) is 0 Å². The third-order valence-electron chi connectivity index (χ3n) is 6.39. The second kappa shape index (κ2) is 9.92. The number of thioether (sulfide) groups is 1. The molecule has 1 saturated carbocycles. The Hall–Kier alpha value is -1.58. The normalized spacial score (nSPS) is 23.0. The van der Waals surface area contributed by atoms with Gasteiger partial charge in [0.2, 0.25) is 21.8 Å². The SMILES string of the molecule is O=C1Nc2cc(S(=O)(=O)NC3CCCCCC3)ccc2SC[C@@H]1CC(=O)N1CCCC1. The summed E-state index contributed by atoms with van der Waals surface area (Å²) < 4.78 is 28.7. The summed E-state index contributed by atoms with van der Waals surface area (Å²) in [6.07, 6.45) is 8.37. The van der Waals surface area contributed by atoms with Crippen LogP contribution >= 0.6 is 11.8 Å². The molecule has 1 atom stereocenters. The Bertz CT molecular complexity index is 921. The Morgan fingerprint density at radius 3 is 2.52 bits per heavy atom. The summed E-state index contributed by atoms with van der Waals surface area (Å²) in [5.41, 5.74) is 0.509. The number of nitrogens with one attached hydrogen (secondary N) is 2. The summed E-state index contributed by atoms with van der Waals surface area (Å²) in [7, 11) is -3.65. The molecule has 1 aliphatic carbocycles. The summed E-state index contributed by atoms with van der Waals surface area (Å²) in [4.78, 5) is 28.1. The Labute approximate surface area is 188 Å². The van der Waals surface area contributed by atoms with Gasteiger partial charge in [-0.2, -0.15) is 0 Å². The van der Waals surface area contributed by atoms with E-state index in [0.717, 1.165) is 69.4 Å². The predicted octanol–water partition coefficient (Wildman–Crippen LogP) is 3.36. The second-order valence-electron chi connectivity index (χ2n) is 8.76. The van der Waals surface area contributed by atoms with E-state index < -0.39 is 15.9 Å². The van der Waals surface area contributed by atoms with E-state index >= 15 is 0 Å². The van der Waals surface area contributed by atoms with Gasteiger partial charge < -0.3 is 10.2 Å². The van der Waals surface area contributed by atoms with Crippen LogP contribution in [0, 0.1) is 5.92 Å². The zero-order chi connectivity index (χ0) is 21.8. The molecule has 2 fully saturated rings. The highest BCUT2D eigenvalue weighted by Gasteiger charge is 2.30. The molecule has 1 saturated heterocycles. The number of sulfonamides is 1. The maximum atomic E-state index is 12.9. The van der Waals surface area contributed by atoms with Crippen LogP contribution in [0.15, 0.2) is 28.0 Å². The summed E-state index contributed by atoms with van der Waals surface area (Å²) in [5.74, 6) is -0.106. The molecule has 0 bridgehead atoms. The molecule has 2 N–H and O–H groups in total. The Morgan fingerprint density at radius 2 is 1.81 bits per heavy atom. The van der Waals surface area contributed by atoms with E-state index in [-0.39, 0.29) is 29.2 Å². The van der Waals surface area contributed by atoms with Crippen LogP contribution in [0.2, 0.25) is 0 Å². The zero-order valence-corrected chi connectivity index (χ0v) is 19.4. The molecule has 0 radical (unpaired) electrons. The molecule has 170 valence electrons. The first kappa shape index (κ1) is 22.6. The summed E-state index contributed by atoms with van der Waals surface area (Å²) >= 11 is 1.49. The topological polar surface area (TPSA) is 95.6 Å². The highest BCUT2D eigenvalue weighted by atomic mass is 32.2. The second-order valence-corrected chi connectivity index (χ2v) is 11.5. The van der Waals surface area contributed by atoms with Gasteiger partial charge in [-0.05, 0) is 43.9 Å². The highest BCUT2D eigenvalue weighted by molar-refractivity contribution is 7.99. The molecule has 4 rings (SSSR count). The van der Waals surface area contributed by atoms with E-state index in [1.54, 1.807) is 18.2 Å². The Morgan fingerprint density at radius 1 is 1.10 bits per heavy atom. The van der Waals surface area contributed by atoms with Gasteiger partial charge in [0.15, 0.2) is 0 Å². The first-order valence-corrected chi connectivity index (χ1v) is 13.8. The lowest BCUT2D eigenvalue weighted by Gasteiger charge is -2.18. The molecule has 0 spiro atoms. The monoisotopic (exact) mass is 465 g/mol. The maximum Gasteiger partial charge on any atom is 0.240 e. The summed E-state index contributed by atoms with van der Waals surface area (Å²) in [5, 5.41) is 2.87. The molecule has 7 nitrogen and oxygen atoms in total. The standard InChI is InChI=1S/C22H31N3O4S2/c26-21(25-11-5-6-12-25)13-16-15-30-20-10-9-18(14-19(20)23-22(16)27)31(28,29)24-17-7-3-1-2-4-8-17/h9-10,14,16-17,24H,1-8,11-13,15H2,(H,23,27)/t16-/m0/s1. The summed E-state index contributed by atoms with van der Waals surface area (Å²) in [6, 6.07) is 4.87. The van der Waals surface area contributed by atoms with Gasteiger partial charge in [-0.1, -0.05) is 25.7 Å². The van der Waals surface area contributed by atoms with Gasteiger partial charge in [-0.25, -0.2) is 13.1 Å². The summed E-state index contributed by atoms with van der Waals surface area (Å²) in [6.45, 7) is 1.55. The predicted molar refractivity (Wildman–Crippen MR) is 122 cm³/mol. The molecule has 0 unspecified atom stereocenters. The number of hydrogen-bond donors (Lipinski definition) is 2. The molecule has 1 aromatic rings. The number of anilines is 1. The first-order valence-electron chi connectivity index (χ1n) is 11.3. The Balaban J connectivity index is 1.44. The van der Waals surface area contributed by atoms with E-state index in [1.807, 2.05) is 4.90 Å². The number of carbonyl (C=O) groups is 2.